The molecule has 0 radical (unpaired) electrons. The van der Waals surface area contributed by atoms with Crippen LogP contribution >= 0.6 is 23.2 Å². The average molecular weight is 412 g/mol. The van der Waals surface area contributed by atoms with Crippen molar-refractivity contribution in [3.05, 3.63) is 105 Å². The highest BCUT2D eigenvalue weighted by atomic mass is 35.5. The third-order valence-corrected chi connectivity index (χ3v) is 6.00. The van der Waals surface area contributed by atoms with Crippen LogP contribution in [0.15, 0.2) is 72.8 Å². The first kappa shape index (κ1) is 19.5. The molecule has 1 N–H and O–H groups in total. The van der Waals surface area contributed by atoms with E-state index in [-0.39, 0.29) is 0 Å². The van der Waals surface area contributed by atoms with Crippen molar-refractivity contribution in [2.75, 3.05) is 13.1 Å². The summed E-state index contributed by atoms with van der Waals surface area (Å²) in [6, 6.07) is 23.0. The van der Waals surface area contributed by atoms with E-state index in [2.05, 4.69) is 17.0 Å². The molecule has 0 amide bonds. The molecular weight excluding hydrogens is 389 g/mol. The maximum absolute atomic E-state index is 11.9. The second-order valence-corrected chi connectivity index (χ2v) is 8.28. The molecule has 0 spiro atoms. The van der Waals surface area contributed by atoms with Crippen LogP contribution in [0.2, 0.25) is 10.0 Å². The summed E-state index contributed by atoms with van der Waals surface area (Å²) in [4.78, 5) is 2.47. The van der Waals surface area contributed by atoms with Crippen LogP contribution in [0.25, 0.3) is 0 Å². The van der Waals surface area contributed by atoms with Crippen molar-refractivity contribution in [3.8, 4) is 0 Å². The molecule has 0 aliphatic carbocycles. The summed E-state index contributed by atoms with van der Waals surface area (Å²) in [6.07, 6.45) is 2.57. The smallest absolute Gasteiger partial charge is 0.140 e. The Hall–Kier alpha value is -1.84. The Labute approximate surface area is 176 Å². The molecule has 1 saturated heterocycles. The van der Waals surface area contributed by atoms with E-state index in [4.69, 9.17) is 23.2 Å². The molecule has 1 fully saturated rings. The summed E-state index contributed by atoms with van der Waals surface area (Å²) >= 11 is 12.1. The predicted molar refractivity (Wildman–Crippen MR) is 116 cm³/mol. The minimum atomic E-state index is -1.28. The molecule has 3 aromatic rings. The summed E-state index contributed by atoms with van der Waals surface area (Å²) in [7, 11) is 0. The zero-order chi connectivity index (χ0) is 19.6. The van der Waals surface area contributed by atoms with E-state index >= 15 is 0 Å². The van der Waals surface area contributed by atoms with Gasteiger partial charge < -0.3 is 5.11 Å². The number of hydrogen-bond donors (Lipinski definition) is 1. The Bertz CT molecular complexity index is 869. The molecule has 144 valence electrons. The van der Waals surface area contributed by atoms with Gasteiger partial charge in [0.25, 0.3) is 0 Å². The third kappa shape index (κ3) is 3.97. The Balaban J connectivity index is 1.72. The third-order valence-electron chi connectivity index (χ3n) is 5.50. The molecule has 0 unspecified atom stereocenters. The molecule has 0 saturated carbocycles. The largest absolute Gasteiger partial charge is 0.376 e. The van der Waals surface area contributed by atoms with Crippen molar-refractivity contribution in [1.29, 1.82) is 0 Å². The number of rotatable bonds is 5. The van der Waals surface area contributed by atoms with Crippen LogP contribution in [0, 0.1) is 0 Å². The van der Waals surface area contributed by atoms with Crippen molar-refractivity contribution in [3.63, 3.8) is 0 Å². The fraction of sp³-hybridized carbons (Fsp3) is 0.250. The Morgan fingerprint density at radius 3 is 1.50 bits per heavy atom. The lowest BCUT2D eigenvalue weighted by Crippen LogP contribution is -2.29. The Morgan fingerprint density at radius 2 is 1.07 bits per heavy atom. The molecule has 1 heterocycles. The quantitative estimate of drug-likeness (QED) is 0.530. The first-order chi connectivity index (χ1) is 13.6. The lowest BCUT2D eigenvalue weighted by Gasteiger charge is -2.30. The van der Waals surface area contributed by atoms with Gasteiger partial charge in [-0.3, -0.25) is 4.90 Å². The zero-order valence-electron chi connectivity index (χ0n) is 15.6. The van der Waals surface area contributed by atoms with Crippen LogP contribution < -0.4 is 0 Å². The van der Waals surface area contributed by atoms with Gasteiger partial charge in [-0.05, 0) is 72.5 Å². The predicted octanol–water partition coefficient (Wildman–Crippen LogP) is 5.87. The van der Waals surface area contributed by atoms with Crippen LogP contribution in [0.1, 0.15) is 35.1 Å². The van der Waals surface area contributed by atoms with Gasteiger partial charge in [0.05, 0.1) is 0 Å². The van der Waals surface area contributed by atoms with Gasteiger partial charge in [0.15, 0.2) is 0 Å². The molecule has 0 atom stereocenters. The summed E-state index contributed by atoms with van der Waals surface area (Å²) in [5.74, 6) is 0. The number of nitrogens with zero attached hydrogens (tertiary/aromatic N) is 1. The number of aliphatic hydroxyl groups is 1. The van der Waals surface area contributed by atoms with Crippen LogP contribution in [-0.2, 0) is 12.1 Å². The lowest BCUT2D eigenvalue weighted by atomic mass is 9.80. The highest BCUT2D eigenvalue weighted by Crippen LogP contribution is 2.37. The van der Waals surface area contributed by atoms with E-state index in [9.17, 15) is 5.11 Å². The van der Waals surface area contributed by atoms with Gasteiger partial charge >= 0.3 is 0 Å². The molecule has 1 aliphatic rings. The van der Waals surface area contributed by atoms with Crippen LogP contribution in [0.5, 0.6) is 0 Å². The van der Waals surface area contributed by atoms with Gasteiger partial charge in [0.2, 0.25) is 0 Å². The lowest BCUT2D eigenvalue weighted by molar-refractivity contribution is 0.125. The maximum Gasteiger partial charge on any atom is 0.140 e. The summed E-state index contributed by atoms with van der Waals surface area (Å²) in [6.45, 7) is 3.29. The normalized spacial score (nSPS) is 15.1. The standard InChI is InChI=1S/C24H23Cl2NO/c25-22-11-7-20(8-12-22)24(28,21-9-13-23(26)14-10-21)19-5-3-18(4-6-19)17-27-15-1-2-16-27/h3-14,28H,1-2,15-17H2. The van der Waals surface area contributed by atoms with Gasteiger partial charge in [0.1, 0.15) is 5.60 Å². The topological polar surface area (TPSA) is 23.5 Å². The highest BCUT2D eigenvalue weighted by Gasteiger charge is 2.33. The number of hydrogen-bond acceptors (Lipinski definition) is 2. The Kier molecular flexibility index (Phi) is 5.75. The van der Waals surface area contributed by atoms with Gasteiger partial charge in [-0.25, -0.2) is 0 Å². The van der Waals surface area contributed by atoms with E-state index in [1.807, 2.05) is 36.4 Å². The molecule has 0 bridgehead atoms. The van der Waals surface area contributed by atoms with Gasteiger partial charge in [-0.1, -0.05) is 71.7 Å². The second kappa shape index (κ2) is 8.26. The molecule has 2 nitrogen and oxygen atoms in total. The minimum absolute atomic E-state index is 0.642. The molecule has 3 aromatic carbocycles. The first-order valence-electron chi connectivity index (χ1n) is 9.62. The monoisotopic (exact) mass is 411 g/mol. The molecule has 0 aromatic heterocycles. The van der Waals surface area contributed by atoms with E-state index in [0.29, 0.717) is 10.0 Å². The van der Waals surface area contributed by atoms with Gasteiger partial charge in [-0.2, -0.15) is 0 Å². The molecular formula is C24H23Cl2NO. The van der Waals surface area contributed by atoms with E-state index in [1.165, 1.54) is 31.5 Å². The number of halogens is 2. The van der Waals surface area contributed by atoms with Crippen LogP contribution in [-0.4, -0.2) is 23.1 Å². The van der Waals surface area contributed by atoms with Gasteiger partial charge in [0, 0.05) is 16.6 Å². The summed E-state index contributed by atoms with van der Waals surface area (Å²) < 4.78 is 0. The SMILES string of the molecule is OC(c1ccc(Cl)cc1)(c1ccc(Cl)cc1)c1ccc(CN2CCCC2)cc1. The van der Waals surface area contributed by atoms with Crippen molar-refractivity contribution in [2.24, 2.45) is 0 Å². The first-order valence-corrected chi connectivity index (χ1v) is 10.4. The molecule has 4 heteroatoms. The second-order valence-electron chi connectivity index (χ2n) is 7.40. The highest BCUT2D eigenvalue weighted by molar-refractivity contribution is 6.30. The Morgan fingerprint density at radius 1 is 0.679 bits per heavy atom. The summed E-state index contributed by atoms with van der Waals surface area (Å²) in [5, 5.41) is 13.2. The van der Waals surface area contributed by atoms with Crippen LogP contribution in [0.3, 0.4) is 0 Å². The van der Waals surface area contributed by atoms with Crippen molar-refractivity contribution >= 4 is 23.2 Å². The number of likely N-dealkylation sites (tertiary alicyclic amines) is 1. The van der Waals surface area contributed by atoms with Crippen molar-refractivity contribution < 1.29 is 5.11 Å². The fourth-order valence-corrected chi connectivity index (χ4v) is 4.18. The van der Waals surface area contributed by atoms with E-state index in [1.54, 1.807) is 24.3 Å². The minimum Gasteiger partial charge on any atom is -0.376 e. The van der Waals surface area contributed by atoms with Crippen molar-refractivity contribution in [1.82, 2.24) is 4.90 Å². The maximum atomic E-state index is 11.9. The zero-order valence-corrected chi connectivity index (χ0v) is 17.1. The molecule has 28 heavy (non-hydrogen) atoms. The fourth-order valence-electron chi connectivity index (χ4n) is 3.93. The van der Waals surface area contributed by atoms with Crippen LogP contribution in [0.4, 0.5) is 0 Å². The molecule has 1 aliphatic heterocycles. The van der Waals surface area contributed by atoms with E-state index in [0.717, 1.165) is 23.2 Å². The van der Waals surface area contributed by atoms with Crippen molar-refractivity contribution in [2.45, 2.75) is 25.0 Å². The molecule has 4 rings (SSSR count). The van der Waals surface area contributed by atoms with Gasteiger partial charge in [-0.15, -0.1) is 0 Å². The summed E-state index contributed by atoms with van der Waals surface area (Å²) in [5.41, 5.74) is 2.35. The average Bonchev–Trinajstić information content (AvgIpc) is 3.22. The van der Waals surface area contributed by atoms with E-state index < -0.39 is 5.60 Å². The number of benzene rings is 3.